The molecular formula is C13H15N3O. The van der Waals surface area contributed by atoms with Crippen molar-refractivity contribution in [2.24, 2.45) is 0 Å². The molecule has 0 radical (unpaired) electrons. The Labute approximate surface area is 99.7 Å². The normalized spacial score (nSPS) is 12.1. The van der Waals surface area contributed by atoms with E-state index in [4.69, 9.17) is 0 Å². The van der Waals surface area contributed by atoms with Crippen molar-refractivity contribution in [3.8, 4) is 0 Å². The first-order valence-corrected chi connectivity index (χ1v) is 5.60. The van der Waals surface area contributed by atoms with Crippen LogP contribution < -0.4 is 10.9 Å². The summed E-state index contributed by atoms with van der Waals surface area (Å²) in [6.07, 6.45) is 3.95. The molecule has 0 amide bonds. The standard InChI is InChI=1S/C13H15N3O/c1-10(9-11-5-3-2-4-6-11)16-12-13(17)15-8-7-14-12/h2-8,10H,9H2,1H3,(H,14,16)(H,15,17). The summed E-state index contributed by atoms with van der Waals surface area (Å²) in [5, 5.41) is 3.10. The fourth-order valence-corrected chi connectivity index (χ4v) is 1.71. The van der Waals surface area contributed by atoms with Gasteiger partial charge >= 0.3 is 0 Å². The third kappa shape index (κ3) is 3.17. The van der Waals surface area contributed by atoms with Gasteiger partial charge in [-0.25, -0.2) is 4.98 Å². The summed E-state index contributed by atoms with van der Waals surface area (Å²) >= 11 is 0. The van der Waals surface area contributed by atoms with Gasteiger partial charge in [0, 0.05) is 18.4 Å². The van der Waals surface area contributed by atoms with Crippen molar-refractivity contribution >= 4 is 5.82 Å². The summed E-state index contributed by atoms with van der Waals surface area (Å²) < 4.78 is 0. The van der Waals surface area contributed by atoms with Crippen LogP contribution in [0, 0.1) is 0 Å². The summed E-state index contributed by atoms with van der Waals surface area (Å²) in [6, 6.07) is 10.3. The van der Waals surface area contributed by atoms with Crippen LogP contribution in [0.1, 0.15) is 12.5 Å². The van der Waals surface area contributed by atoms with Crippen LogP contribution in [0.15, 0.2) is 47.5 Å². The first-order chi connectivity index (χ1) is 8.25. The van der Waals surface area contributed by atoms with E-state index in [2.05, 4.69) is 27.4 Å². The molecule has 0 saturated carbocycles. The molecule has 1 aromatic carbocycles. The number of aromatic nitrogens is 2. The second-order valence-electron chi connectivity index (χ2n) is 4.00. The van der Waals surface area contributed by atoms with Crippen molar-refractivity contribution in [3.63, 3.8) is 0 Å². The Morgan fingerprint density at radius 3 is 2.82 bits per heavy atom. The average molecular weight is 229 g/mol. The van der Waals surface area contributed by atoms with E-state index < -0.39 is 0 Å². The highest BCUT2D eigenvalue weighted by molar-refractivity contribution is 5.32. The second-order valence-corrected chi connectivity index (χ2v) is 4.00. The fraction of sp³-hybridized carbons (Fsp3) is 0.231. The number of aromatic amines is 1. The van der Waals surface area contributed by atoms with Crippen LogP contribution in [-0.2, 0) is 6.42 Å². The topological polar surface area (TPSA) is 57.8 Å². The van der Waals surface area contributed by atoms with Crippen LogP contribution in [0.5, 0.6) is 0 Å². The molecular weight excluding hydrogens is 214 g/mol. The van der Waals surface area contributed by atoms with Crippen LogP contribution in [0.2, 0.25) is 0 Å². The van der Waals surface area contributed by atoms with E-state index in [1.54, 1.807) is 6.20 Å². The van der Waals surface area contributed by atoms with Crippen LogP contribution in [0.4, 0.5) is 5.82 Å². The van der Waals surface area contributed by atoms with Crippen molar-refractivity contribution in [2.45, 2.75) is 19.4 Å². The molecule has 0 saturated heterocycles. The maximum atomic E-state index is 11.4. The third-order valence-corrected chi connectivity index (χ3v) is 2.48. The molecule has 0 aliphatic carbocycles. The van der Waals surface area contributed by atoms with Crippen LogP contribution in [-0.4, -0.2) is 16.0 Å². The zero-order valence-corrected chi connectivity index (χ0v) is 9.68. The fourth-order valence-electron chi connectivity index (χ4n) is 1.71. The number of H-pyrrole nitrogens is 1. The number of anilines is 1. The largest absolute Gasteiger partial charge is 0.363 e. The number of hydrogen-bond acceptors (Lipinski definition) is 3. The SMILES string of the molecule is CC(Cc1ccccc1)Nc1ncc[nH]c1=O. The Balaban J connectivity index is 2.01. The van der Waals surface area contributed by atoms with E-state index in [1.807, 2.05) is 25.1 Å². The molecule has 2 aromatic rings. The Morgan fingerprint density at radius 1 is 1.35 bits per heavy atom. The summed E-state index contributed by atoms with van der Waals surface area (Å²) in [4.78, 5) is 18.0. The van der Waals surface area contributed by atoms with Crippen molar-refractivity contribution in [1.82, 2.24) is 9.97 Å². The van der Waals surface area contributed by atoms with Crippen LogP contribution in [0.25, 0.3) is 0 Å². The summed E-state index contributed by atoms with van der Waals surface area (Å²) in [5.74, 6) is 0.371. The monoisotopic (exact) mass is 229 g/mol. The molecule has 2 rings (SSSR count). The van der Waals surface area contributed by atoms with Gasteiger partial charge in [0.05, 0.1) is 0 Å². The highest BCUT2D eigenvalue weighted by Gasteiger charge is 2.06. The molecule has 0 aliphatic rings. The maximum Gasteiger partial charge on any atom is 0.290 e. The molecule has 0 bridgehead atoms. The molecule has 0 aliphatic heterocycles. The van der Waals surface area contributed by atoms with Crippen LogP contribution in [0.3, 0.4) is 0 Å². The van der Waals surface area contributed by atoms with Gasteiger partial charge in [0.1, 0.15) is 0 Å². The lowest BCUT2D eigenvalue weighted by atomic mass is 10.1. The minimum absolute atomic E-state index is 0.161. The molecule has 1 unspecified atom stereocenters. The Morgan fingerprint density at radius 2 is 2.12 bits per heavy atom. The number of rotatable bonds is 4. The molecule has 4 heteroatoms. The summed E-state index contributed by atoms with van der Waals surface area (Å²) in [6.45, 7) is 2.03. The maximum absolute atomic E-state index is 11.4. The smallest absolute Gasteiger partial charge is 0.290 e. The lowest BCUT2D eigenvalue weighted by Crippen LogP contribution is -2.24. The van der Waals surface area contributed by atoms with Crippen LogP contribution >= 0.6 is 0 Å². The van der Waals surface area contributed by atoms with Gasteiger partial charge in [-0.2, -0.15) is 0 Å². The minimum Gasteiger partial charge on any atom is -0.363 e. The van der Waals surface area contributed by atoms with E-state index in [9.17, 15) is 4.79 Å². The third-order valence-electron chi connectivity index (χ3n) is 2.48. The van der Waals surface area contributed by atoms with Crippen molar-refractivity contribution in [3.05, 3.63) is 58.6 Å². The minimum atomic E-state index is -0.188. The lowest BCUT2D eigenvalue weighted by Gasteiger charge is -2.13. The lowest BCUT2D eigenvalue weighted by molar-refractivity contribution is 0.781. The summed E-state index contributed by atoms with van der Waals surface area (Å²) in [7, 11) is 0. The zero-order chi connectivity index (χ0) is 12.1. The Bertz CT molecular complexity index is 521. The van der Waals surface area contributed by atoms with Crippen molar-refractivity contribution < 1.29 is 0 Å². The number of nitrogens with zero attached hydrogens (tertiary/aromatic N) is 1. The molecule has 1 heterocycles. The van der Waals surface area contributed by atoms with Gasteiger partial charge in [-0.05, 0) is 18.9 Å². The molecule has 1 aromatic heterocycles. The Kier molecular flexibility index (Phi) is 3.55. The first kappa shape index (κ1) is 11.4. The van der Waals surface area contributed by atoms with Crippen molar-refractivity contribution in [1.29, 1.82) is 0 Å². The van der Waals surface area contributed by atoms with Gasteiger partial charge in [-0.1, -0.05) is 30.3 Å². The van der Waals surface area contributed by atoms with Gasteiger partial charge in [-0.15, -0.1) is 0 Å². The van der Waals surface area contributed by atoms with Gasteiger partial charge in [-0.3, -0.25) is 4.79 Å². The molecule has 88 valence electrons. The second kappa shape index (κ2) is 5.30. The van der Waals surface area contributed by atoms with E-state index in [0.29, 0.717) is 5.82 Å². The van der Waals surface area contributed by atoms with Gasteiger partial charge in [0.2, 0.25) is 0 Å². The molecule has 17 heavy (non-hydrogen) atoms. The van der Waals surface area contributed by atoms with E-state index >= 15 is 0 Å². The van der Waals surface area contributed by atoms with E-state index in [1.165, 1.54) is 11.8 Å². The predicted octanol–water partition coefficient (Wildman–Crippen LogP) is 1.81. The quantitative estimate of drug-likeness (QED) is 0.840. The molecule has 4 nitrogen and oxygen atoms in total. The molecule has 1 atom stereocenters. The van der Waals surface area contributed by atoms with E-state index in [-0.39, 0.29) is 11.6 Å². The van der Waals surface area contributed by atoms with E-state index in [0.717, 1.165) is 6.42 Å². The molecule has 2 N–H and O–H groups in total. The number of benzene rings is 1. The zero-order valence-electron chi connectivity index (χ0n) is 9.68. The van der Waals surface area contributed by atoms with Gasteiger partial charge in [0.15, 0.2) is 5.82 Å². The number of hydrogen-bond donors (Lipinski definition) is 2. The first-order valence-electron chi connectivity index (χ1n) is 5.60. The Hall–Kier alpha value is -2.10. The highest BCUT2D eigenvalue weighted by Crippen LogP contribution is 2.05. The van der Waals surface area contributed by atoms with Crippen molar-refractivity contribution in [2.75, 3.05) is 5.32 Å². The van der Waals surface area contributed by atoms with Gasteiger partial charge < -0.3 is 10.3 Å². The highest BCUT2D eigenvalue weighted by atomic mass is 16.1. The predicted molar refractivity (Wildman–Crippen MR) is 68.1 cm³/mol. The molecule has 0 fully saturated rings. The summed E-state index contributed by atoms with van der Waals surface area (Å²) in [5.41, 5.74) is 1.05. The molecule has 0 spiro atoms. The number of nitrogens with one attached hydrogen (secondary N) is 2. The van der Waals surface area contributed by atoms with Gasteiger partial charge in [0.25, 0.3) is 5.56 Å². The average Bonchev–Trinajstić information content (AvgIpc) is 2.33.